The maximum absolute atomic E-state index is 2.48. The van der Waals surface area contributed by atoms with Crippen molar-refractivity contribution in [2.45, 2.75) is 73.6 Å². The van der Waals surface area contributed by atoms with Gasteiger partial charge in [0.05, 0.1) is 0 Å². The van der Waals surface area contributed by atoms with Crippen molar-refractivity contribution in [1.82, 2.24) is 0 Å². The Morgan fingerprint density at radius 2 is 1.33 bits per heavy atom. The third-order valence-corrected chi connectivity index (χ3v) is 4.44. The van der Waals surface area contributed by atoms with E-state index in [0.717, 1.165) is 23.7 Å². The Hall–Kier alpha value is 0. The second-order valence-corrected chi connectivity index (χ2v) is 5.27. The Morgan fingerprint density at radius 1 is 0.800 bits per heavy atom. The molecule has 3 atom stereocenters. The van der Waals surface area contributed by atoms with Crippen LogP contribution in [0.3, 0.4) is 0 Å². The molecule has 0 saturated heterocycles. The highest BCUT2D eigenvalue weighted by Gasteiger charge is 2.26. The SMILES string of the molecule is CCCC(C)C(C)C(CC)C(CC)CC. The van der Waals surface area contributed by atoms with Crippen molar-refractivity contribution in [3.05, 3.63) is 0 Å². The van der Waals surface area contributed by atoms with Gasteiger partial charge in [-0.1, -0.05) is 73.6 Å². The monoisotopic (exact) mass is 212 g/mol. The lowest BCUT2D eigenvalue weighted by atomic mass is 9.72. The molecule has 0 heterocycles. The molecular formula is C15H32. The highest BCUT2D eigenvalue weighted by Crippen LogP contribution is 2.35. The average Bonchev–Trinajstić information content (AvgIpc) is 2.25. The van der Waals surface area contributed by atoms with Crippen molar-refractivity contribution in [2.24, 2.45) is 23.7 Å². The lowest BCUT2D eigenvalue weighted by Crippen LogP contribution is -2.25. The van der Waals surface area contributed by atoms with Crippen LogP contribution >= 0.6 is 0 Å². The standard InChI is InChI=1S/C15H32/c1-7-11-12(5)13(6)15(10-4)14(8-2)9-3/h12-15H,7-11H2,1-6H3. The van der Waals surface area contributed by atoms with E-state index in [1.807, 2.05) is 0 Å². The van der Waals surface area contributed by atoms with Gasteiger partial charge in [-0.15, -0.1) is 0 Å². The van der Waals surface area contributed by atoms with Gasteiger partial charge in [0.25, 0.3) is 0 Å². The number of hydrogen-bond donors (Lipinski definition) is 0. The smallest absolute Gasteiger partial charge is 0.0360 e. The van der Waals surface area contributed by atoms with E-state index in [1.165, 1.54) is 32.1 Å². The summed E-state index contributed by atoms with van der Waals surface area (Å²) in [5.74, 6) is 3.70. The highest BCUT2D eigenvalue weighted by molar-refractivity contribution is 4.75. The molecule has 0 N–H and O–H groups in total. The van der Waals surface area contributed by atoms with E-state index in [1.54, 1.807) is 0 Å². The van der Waals surface area contributed by atoms with Crippen molar-refractivity contribution in [1.29, 1.82) is 0 Å². The minimum Gasteiger partial charge on any atom is -0.0654 e. The van der Waals surface area contributed by atoms with Crippen LogP contribution in [0.4, 0.5) is 0 Å². The lowest BCUT2D eigenvalue weighted by molar-refractivity contribution is 0.163. The maximum atomic E-state index is 2.48. The Morgan fingerprint density at radius 3 is 1.67 bits per heavy atom. The molecular weight excluding hydrogens is 180 g/mol. The minimum absolute atomic E-state index is 0.903. The van der Waals surface area contributed by atoms with E-state index >= 15 is 0 Å². The van der Waals surface area contributed by atoms with E-state index in [-0.39, 0.29) is 0 Å². The summed E-state index contributed by atoms with van der Waals surface area (Å²) in [5.41, 5.74) is 0. The maximum Gasteiger partial charge on any atom is -0.0360 e. The molecule has 0 aromatic heterocycles. The zero-order valence-electron chi connectivity index (χ0n) is 11.8. The third-order valence-electron chi connectivity index (χ3n) is 4.44. The van der Waals surface area contributed by atoms with Gasteiger partial charge < -0.3 is 0 Å². The average molecular weight is 212 g/mol. The predicted molar refractivity (Wildman–Crippen MR) is 71.1 cm³/mol. The summed E-state index contributed by atoms with van der Waals surface area (Å²) in [5, 5.41) is 0. The largest absolute Gasteiger partial charge is 0.0654 e. The van der Waals surface area contributed by atoms with Crippen molar-refractivity contribution in [3.8, 4) is 0 Å². The van der Waals surface area contributed by atoms with Gasteiger partial charge in [-0.05, 0) is 23.7 Å². The fraction of sp³-hybridized carbons (Fsp3) is 1.00. The van der Waals surface area contributed by atoms with E-state index in [2.05, 4.69) is 41.5 Å². The van der Waals surface area contributed by atoms with Gasteiger partial charge in [-0.25, -0.2) is 0 Å². The summed E-state index contributed by atoms with van der Waals surface area (Å²) in [6, 6.07) is 0. The van der Waals surface area contributed by atoms with Gasteiger partial charge >= 0.3 is 0 Å². The van der Waals surface area contributed by atoms with Crippen LogP contribution in [0.5, 0.6) is 0 Å². The first-order valence-electron chi connectivity index (χ1n) is 7.12. The van der Waals surface area contributed by atoms with Crippen LogP contribution in [0, 0.1) is 23.7 Å². The molecule has 0 saturated carbocycles. The van der Waals surface area contributed by atoms with Gasteiger partial charge in [0.2, 0.25) is 0 Å². The molecule has 0 aliphatic heterocycles. The fourth-order valence-electron chi connectivity index (χ4n) is 3.17. The zero-order chi connectivity index (χ0) is 11.8. The summed E-state index contributed by atoms with van der Waals surface area (Å²) >= 11 is 0. The molecule has 0 aromatic carbocycles. The van der Waals surface area contributed by atoms with Crippen LogP contribution in [0.15, 0.2) is 0 Å². The Bertz CT molecular complexity index is 135. The lowest BCUT2D eigenvalue weighted by Gasteiger charge is -2.33. The quantitative estimate of drug-likeness (QED) is 0.497. The van der Waals surface area contributed by atoms with Gasteiger partial charge in [0, 0.05) is 0 Å². The fourth-order valence-corrected chi connectivity index (χ4v) is 3.17. The predicted octanol–water partition coefficient (Wildman–Crippen LogP) is 5.52. The van der Waals surface area contributed by atoms with Crippen molar-refractivity contribution < 1.29 is 0 Å². The summed E-state index contributed by atoms with van der Waals surface area (Å²) in [6.45, 7) is 14.3. The summed E-state index contributed by atoms with van der Waals surface area (Å²) < 4.78 is 0. The first-order valence-corrected chi connectivity index (χ1v) is 7.12. The zero-order valence-corrected chi connectivity index (χ0v) is 11.8. The molecule has 0 aromatic rings. The molecule has 0 radical (unpaired) electrons. The van der Waals surface area contributed by atoms with Crippen molar-refractivity contribution in [2.75, 3.05) is 0 Å². The Kier molecular flexibility index (Phi) is 8.19. The molecule has 0 heteroatoms. The summed E-state index contributed by atoms with van der Waals surface area (Å²) in [7, 11) is 0. The summed E-state index contributed by atoms with van der Waals surface area (Å²) in [4.78, 5) is 0. The van der Waals surface area contributed by atoms with E-state index in [9.17, 15) is 0 Å². The molecule has 0 aliphatic rings. The summed E-state index contributed by atoms with van der Waals surface area (Å²) in [6.07, 6.45) is 6.82. The normalized spacial score (nSPS) is 17.8. The van der Waals surface area contributed by atoms with Crippen LogP contribution < -0.4 is 0 Å². The molecule has 0 spiro atoms. The molecule has 0 amide bonds. The van der Waals surface area contributed by atoms with Gasteiger partial charge in [-0.2, -0.15) is 0 Å². The van der Waals surface area contributed by atoms with Gasteiger partial charge in [0.1, 0.15) is 0 Å². The second-order valence-electron chi connectivity index (χ2n) is 5.27. The van der Waals surface area contributed by atoms with E-state index in [4.69, 9.17) is 0 Å². The highest BCUT2D eigenvalue weighted by atomic mass is 14.3. The Labute approximate surface area is 97.8 Å². The van der Waals surface area contributed by atoms with Crippen LogP contribution in [0.2, 0.25) is 0 Å². The van der Waals surface area contributed by atoms with Crippen LogP contribution in [0.25, 0.3) is 0 Å². The topological polar surface area (TPSA) is 0 Å². The van der Waals surface area contributed by atoms with E-state index in [0.29, 0.717) is 0 Å². The molecule has 92 valence electrons. The first-order chi connectivity index (χ1) is 7.12. The second kappa shape index (κ2) is 8.19. The van der Waals surface area contributed by atoms with Crippen molar-refractivity contribution in [3.63, 3.8) is 0 Å². The van der Waals surface area contributed by atoms with Gasteiger partial charge in [0.15, 0.2) is 0 Å². The molecule has 15 heavy (non-hydrogen) atoms. The van der Waals surface area contributed by atoms with Gasteiger partial charge in [-0.3, -0.25) is 0 Å². The number of hydrogen-bond acceptors (Lipinski definition) is 0. The number of rotatable bonds is 8. The van der Waals surface area contributed by atoms with E-state index < -0.39 is 0 Å². The molecule has 0 fully saturated rings. The molecule has 0 aliphatic carbocycles. The van der Waals surface area contributed by atoms with Crippen LogP contribution in [-0.2, 0) is 0 Å². The molecule has 3 unspecified atom stereocenters. The third kappa shape index (κ3) is 4.57. The first kappa shape index (κ1) is 15.0. The van der Waals surface area contributed by atoms with Crippen molar-refractivity contribution >= 4 is 0 Å². The molecule has 0 bridgehead atoms. The molecule has 0 nitrogen and oxygen atoms in total. The van der Waals surface area contributed by atoms with Crippen LogP contribution in [-0.4, -0.2) is 0 Å². The van der Waals surface area contributed by atoms with Crippen LogP contribution in [0.1, 0.15) is 73.6 Å². The molecule has 0 rings (SSSR count). The Balaban J connectivity index is 4.36. The minimum atomic E-state index is 0.903.